The van der Waals surface area contributed by atoms with Crippen LogP contribution in [0.5, 0.6) is 0 Å². The standard InChI is InChI=1S/C10H15N3O2/c14-9-2-1-7(3-9)4-11-10(15)8-5-12-13-6-8/h5-7,9,14H,1-4H2,(H,11,15)(H,12,13). The van der Waals surface area contributed by atoms with Crippen LogP contribution >= 0.6 is 0 Å². The number of aromatic nitrogens is 2. The Morgan fingerprint density at radius 2 is 2.53 bits per heavy atom. The highest BCUT2D eigenvalue weighted by Gasteiger charge is 2.23. The van der Waals surface area contributed by atoms with Crippen molar-refractivity contribution in [3.8, 4) is 0 Å². The van der Waals surface area contributed by atoms with Crippen LogP contribution in [0.25, 0.3) is 0 Å². The molecular weight excluding hydrogens is 194 g/mol. The van der Waals surface area contributed by atoms with Gasteiger partial charge in [-0.3, -0.25) is 9.89 Å². The first-order valence-corrected chi connectivity index (χ1v) is 5.20. The van der Waals surface area contributed by atoms with E-state index in [1.54, 1.807) is 6.20 Å². The predicted octanol–water partition coefficient (Wildman–Crippen LogP) is 0.300. The van der Waals surface area contributed by atoms with E-state index in [2.05, 4.69) is 15.5 Å². The number of nitrogens with one attached hydrogen (secondary N) is 2. The van der Waals surface area contributed by atoms with Gasteiger partial charge in [0.25, 0.3) is 5.91 Å². The van der Waals surface area contributed by atoms with E-state index in [0.29, 0.717) is 18.0 Å². The summed E-state index contributed by atoms with van der Waals surface area (Å²) in [7, 11) is 0. The summed E-state index contributed by atoms with van der Waals surface area (Å²) in [5.41, 5.74) is 0.550. The van der Waals surface area contributed by atoms with Crippen molar-refractivity contribution in [2.75, 3.05) is 6.54 Å². The highest BCUT2D eigenvalue weighted by atomic mass is 16.3. The minimum absolute atomic E-state index is 0.106. The normalized spacial score (nSPS) is 25.4. The number of hydrogen-bond acceptors (Lipinski definition) is 3. The maximum absolute atomic E-state index is 11.5. The summed E-state index contributed by atoms with van der Waals surface area (Å²) < 4.78 is 0. The van der Waals surface area contributed by atoms with Crippen LogP contribution in [0.2, 0.25) is 0 Å². The highest BCUT2D eigenvalue weighted by Crippen LogP contribution is 2.24. The van der Waals surface area contributed by atoms with E-state index in [-0.39, 0.29) is 12.0 Å². The fraction of sp³-hybridized carbons (Fsp3) is 0.600. The van der Waals surface area contributed by atoms with Gasteiger partial charge in [-0.25, -0.2) is 0 Å². The van der Waals surface area contributed by atoms with Crippen molar-refractivity contribution >= 4 is 5.91 Å². The van der Waals surface area contributed by atoms with Gasteiger partial charge in [0.05, 0.1) is 17.9 Å². The minimum atomic E-state index is -0.180. The lowest BCUT2D eigenvalue weighted by Gasteiger charge is -2.09. The molecule has 3 N–H and O–H groups in total. The molecule has 5 heteroatoms. The largest absolute Gasteiger partial charge is 0.393 e. The zero-order valence-corrected chi connectivity index (χ0v) is 8.44. The number of aromatic amines is 1. The van der Waals surface area contributed by atoms with Gasteiger partial charge in [0.15, 0.2) is 0 Å². The molecule has 15 heavy (non-hydrogen) atoms. The molecule has 0 aliphatic heterocycles. The van der Waals surface area contributed by atoms with Crippen LogP contribution in [0, 0.1) is 5.92 Å². The van der Waals surface area contributed by atoms with Gasteiger partial charge >= 0.3 is 0 Å². The first-order valence-electron chi connectivity index (χ1n) is 5.20. The minimum Gasteiger partial charge on any atom is -0.393 e. The molecule has 2 atom stereocenters. The van der Waals surface area contributed by atoms with E-state index in [9.17, 15) is 9.90 Å². The van der Waals surface area contributed by atoms with Gasteiger partial charge in [0.1, 0.15) is 0 Å². The zero-order chi connectivity index (χ0) is 10.7. The second kappa shape index (κ2) is 4.44. The van der Waals surface area contributed by atoms with Crippen LogP contribution in [0.15, 0.2) is 12.4 Å². The third-order valence-corrected chi connectivity index (χ3v) is 2.83. The highest BCUT2D eigenvalue weighted by molar-refractivity contribution is 5.93. The van der Waals surface area contributed by atoms with E-state index >= 15 is 0 Å². The molecule has 1 aromatic heterocycles. The molecule has 5 nitrogen and oxygen atoms in total. The molecule has 1 heterocycles. The van der Waals surface area contributed by atoms with E-state index < -0.39 is 0 Å². The number of carbonyl (C=O) groups is 1. The van der Waals surface area contributed by atoms with Crippen LogP contribution in [0.3, 0.4) is 0 Å². The fourth-order valence-electron chi connectivity index (χ4n) is 1.95. The Morgan fingerprint density at radius 1 is 1.67 bits per heavy atom. The molecule has 1 aliphatic carbocycles. The van der Waals surface area contributed by atoms with Crippen molar-refractivity contribution in [1.29, 1.82) is 0 Å². The Hall–Kier alpha value is -1.36. The topological polar surface area (TPSA) is 78.0 Å². The lowest BCUT2D eigenvalue weighted by Crippen LogP contribution is -2.28. The van der Waals surface area contributed by atoms with E-state index in [4.69, 9.17) is 0 Å². The van der Waals surface area contributed by atoms with Gasteiger partial charge in [0, 0.05) is 12.7 Å². The van der Waals surface area contributed by atoms with Gasteiger partial charge < -0.3 is 10.4 Å². The smallest absolute Gasteiger partial charge is 0.254 e. The van der Waals surface area contributed by atoms with Crippen LogP contribution in [0.4, 0.5) is 0 Å². The second-order valence-electron chi connectivity index (χ2n) is 4.03. The molecule has 1 aliphatic rings. The average molecular weight is 209 g/mol. The first kappa shape index (κ1) is 10.2. The predicted molar refractivity (Wildman–Crippen MR) is 54.3 cm³/mol. The van der Waals surface area contributed by atoms with Crippen molar-refractivity contribution in [1.82, 2.24) is 15.5 Å². The van der Waals surface area contributed by atoms with Gasteiger partial charge in [0.2, 0.25) is 0 Å². The van der Waals surface area contributed by atoms with Crippen molar-refractivity contribution < 1.29 is 9.90 Å². The lowest BCUT2D eigenvalue weighted by molar-refractivity contribution is 0.0945. The van der Waals surface area contributed by atoms with E-state index in [1.807, 2.05) is 0 Å². The van der Waals surface area contributed by atoms with Gasteiger partial charge in [-0.1, -0.05) is 0 Å². The van der Waals surface area contributed by atoms with Crippen LogP contribution < -0.4 is 5.32 Å². The Labute approximate surface area is 87.9 Å². The number of carbonyl (C=O) groups excluding carboxylic acids is 1. The van der Waals surface area contributed by atoms with E-state index in [1.165, 1.54) is 6.20 Å². The van der Waals surface area contributed by atoms with Crippen LogP contribution in [-0.4, -0.2) is 33.9 Å². The Balaban J connectivity index is 1.76. The summed E-state index contributed by atoms with van der Waals surface area (Å²) in [6, 6.07) is 0. The average Bonchev–Trinajstić information content (AvgIpc) is 2.84. The maximum Gasteiger partial charge on any atom is 0.254 e. The zero-order valence-electron chi connectivity index (χ0n) is 8.44. The third kappa shape index (κ3) is 2.56. The Morgan fingerprint density at radius 3 is 3.13 bits per heavy atom. The second-order valence-corrected chi connectivity index (χ2v) is 4.03. The molecule has 0 saturated heterocycles. The molecule has 0 spiro atoms. The molecule has 1 saturated carbocycles. The summed E-state index contributed by atoms with van der Waals surface area (Å²) in [5, 5.41) is 18.5. The van der Waals surface area contributed by atoms with Gasteiger partial charge in [-0.2, -0.15) is 5.10 Å². The SMILES string of the molecule is O=C(NCC1CCC(O)C1)c1cn[nH]c1. The summed E-state index contributed by atoms with van der Waals surface area (Å²) in [6.45, 7) is 0.640. The molecule has 1 fully saturated rings. The number of nitrogens with zero attached hydrogens (tertiary/aromatic N) is 1. The first-order chi connectivity index (χ1) is 7.25. The molecule has 2 unspecified atom stereocenters. The van der Waals surface area contributed by atoms with Crippen molar-refractivity contribution in [2.24, 2.45) is 5.92 Å². The number of aliphatic hydroxyl groups is 1. The lowest BCUT2D eigenvalue weighted by atomic mass is 10.1. The number of rotatable bonds is 3. The van der Waals surface area contributed by atoms with Gasteiger partial charge in [-0.15, -0.1) is 0 Å². The molecule has 1 aromatic rings. The fourth-order valence-corrected chi connectivity index (χ4v) is 1.95. The molecule has 0 radical (unpaired) electrons. The molecular formula is C10H15N3O2. The van der Waals surface area contributed by atoms with Crippen molar-refractivity contribution in [3.05, 3.63) is 18.0 Å². The monoisotopic (exact) mass is 209 g/mol. The summed E-state index contributed by atoms with van der Waals surface area (Å²) in [6.07, 6.45) is 5.53. The Bertz CT molecular complexity index is 323. The molecule has 82 valence electrons. The summed E-state index contributed by atoms with van der Waals surface area (Å²) >= 11 is 0. The quantitative estimate of drug-likeness (QED) is 0.670. The number of hydrogen-bond donors (Lipinski definition) is 3. The van der Waals surface area contributed by atoms with E-state index in [0.717, 1.165) is 19.3 Å². The molecule has 2 rings (SSSR count). The Kier molecular flexibility index (Phi) is 3.01. The summed E-state index contributed by atoms with van der Waals surface area (Å²) in [4.78, 5) is 11.5. The number of H-pyrrole nitrogens is 1. The molecule has 0 bridgehead atoms. The number of amides is 1. The molecule has 1 amide bonds. The summed E-state index contributed by atoms with van der Waals surface area (Å²) in [5.74, 6) is 0.306. The maximum atomic E-state index is 11.5. The number of aliphatic hydroxyl groups excluding tert-OH is 1. The van der Waals surface area contributed by atoms with Gasteiger partial charge in [-0.05, 0) is 25.2 Å². The van der Waals surface area contributed by atoms with Crippen molar-refractivity contribution in [2.45, 2.75) is 25.4 Å². The van der Waals surface area contributed by atoms with Crippen LogP contribution in [0.1, 0.15) is 29.6 Å². The van der Waals surface area contributed by atoms with Crippen molar-refractivity contribution in [3.63, 3.8) is 0 Å². The molecule has 0 aromatic carbocycles. The van der Waals surface area contributed by atoms with Crippen LogP contribution in [-0.2, 0) is 0 Å². The third-order valence-electron chi connectivity index (χ3n) is 2.83.